The number of anilines is 3. The Hall–Kier alpha value is -3.17. The fourth-order valence-corrected chi connectivity index (χ4v) is 4.91. The lowest BCUT2D eigenvalue weighted by Crippen LogP contribution is -2.50. The number of sulfonamides is 1. The van der Waals surface area contributed by atoms with Gasteiger partial charge in [-0.3, -0.25) is 0 Å². The Bertz CT molecular complexity index is 1160. The molecule has 1 fully saturated rings. The second-order valence-electron chi connectivity index (χ2n) is 8.05. The molecule has 9 heteroatoms. The summed E-state index contributed by atoms with van der Waals surface area (Å²) in [5.41, 5.74) is 2.96. The normalized spacial score (nSPS) is 14.8. The van der Waals surface area contributed by atoms with E-state index >= 15 is 0 Å². The molecule has 33 heavy (non-hydrogen) atoms. The first-order valence-electron chi connectivity index (χ1n) is 11.0. The molecule has 8 nitrogen and oxygen atoms in total. The van der Waals surface area contributed by atoms with Crippen LogP contribution in [0.4, 0.5) is 17.5 Å². The minimum absolute atomic E-state index is 0.0425. The van der Waals surface area contributed by atoms with Gasteiger partial charge in [0.25, 0.3) is 0 Å². The van der Waals surface area contributed by atoms with E-state index in [0.717, 1.165) is 17.2 Å². The zero-order valence-corrected chi connectivity index (χ0v) is 19.8. The molecule has 1 aliphatic rings. The Morgan fingerprint density at radius 2 is 1.64 bits per heavy atom. The number of aromatic nitrogens is 2. The molecule has 1 saturated heterocycles. The highest BCUT2D eigenvalue weighted by molar-refractivity contribution is 7.89. The van der Waals surface area contributed by atoms with Gasteiger partial charge in [-0.2, -0.15) is 9.29 Å². The summed E-state index contributed by atoms with van der Waals surface area (Å²) in [7, 11) is -3.38. The fraction of sp³-hybridized carbons (Fsp3) is 0.333. The van der Waals surface area contributed by atoms with E-state index in [-0.39, 0.29) is 12.4 Å². The Labute approximate surface area is 195 Å². The number of benzene rings is 2. The lowest BCUT2D eigenvalue weighted by Gasteiger charge is -2.34. The largest absolute Gasteiger partial charge is 0.492 e. The maximum atomic E-state index is 12.7. The molecule has 174 valence electrons. The second-order valence-corrected chi connectivity index (χ2v) is 10.1. The molecule has 0 spiro atoms. The zero-order valence-electron chi connectivity index (χ0n) is 18.9. The van der Waals surface area contributed by atoms with E-state index in [9.17, 15) is 8.42 Å². The average molecular weight is 468 g/mol. The van der Waals surface area contributed by atoms with Gasteiger partial charge in [0.05, 0.1) is 5.75 Å². The third kappa shape index (κ3) is 6.21. The van der Waals surface area contributed by atoms with Crippen LogP contribution >= 0.6 is 0 Å². The van der Waals surface area contributed by atoms with Crippen molar-refractivity contribution in [2.45, 2.75) is 13.8 Å². The number of nitrogens with one attached hydrogen (secondary N) is 1. The maximum absolute atomic E-state index is 12.7. The first-order chi connectivity index (χ1) is 15.9. The molecule has 0 amide bonds. The summed E-state index contributed by atoms with van der Waals surface area (Å²) in [6.07, 6.45) is 0. The molecule has 0 saturated carbocycles. The number of para-hydroxylation sites is 1. The van der Waals surface area contributed by atoms with Crippen molar-refractivity contribution in [1.82, 2.24) is 14.3 Å². The first-order valence-corrected chi connectivity index (χ1v) is 12.6. The highest BCUT2D eigenvalue weighted by Gasteiger charge is 2.27. The first kappa shape index (κ1) is 23.0. The number of ether oxygens (including phenoxy) is 1. The van der Waals surface area contributed by atoms with Crippen LogP contribution in [0.25, 0.3) is 0 Å². The van der Waals surface area contributed by atoms with E-state index in [2.05, 4.69) is 20.2 Å². The molecule has 0 aliphatic carbocycles. The van der Waals surface area contributed by atoms with Crippen molar-refractivity contribution in [3.05, 3.63) is 71.9 Å². The molecular weight excluding hydrogens is 438 g/mol. The molecule has 0 bridgehead atoms. The van der Waals surface area contributed by atoms with Crippen LogP contribution < -0.4 is 15.0 Å². The molecule has 1 aliphatic heterocycles. The number of piperazine rings is 1. The van der Waals surface area contributed by atoms with Crippen LogP contribution in [0.2, 0.25) is 0 Å². The topological polar surface area (TPSA) is 87.7 Å². The van der Waals surface area contributed by atoms with Gasteiger partial charge in [0.2, 0.25) is 16.0 Å². The minimum Gasteiger partial charge on any atom is -0.492 e. The quantitative estimate of drug-likeness (QED) is 0.543. The number of hydrogen-bond acceptors (Lipinski definition) is 7. The summed E-state index contributed by atoms with van der Waals surface area (Å²) < 4.78 is 32.6. The SMILES string of the molecule is Cc1ccc(Nc2nc(C)cc(N3CCN(S(=O)(=O)CCOc4ccccc4)CC3)n2)cc1. The molecule has 0 atom stereocenters. The van der Waals surface area contributed by atoms with Gasteiger partial charge in [0.15, 0.2) is 0 Å². The van der Waals surface area contributed by atoms with E-state index < -0.39 is 10.0 Å². The van der Waals surface area contributed by atoms with Gasteiger partial charge in [0.1, 0.15) is 18.2 Å². The Kier molecular flexibility index (Phi) is 7.10. The molecule has 2 aromatic carbocycles. The van der Waals surface area contributed by atoms with Crippen LogP contribution in [-0.2, 0) is 10.0 Å². The second kappa shape index (κ2) is 10.2. The molecule has 1 aromatic heterocycles. The van der Waals surface area contributed by atoms with Crippen molar-refractivity contribution in [2.75, 3.05) is 48.8 Å². The smallest absolute Gasteiger partial charge is 0.229 e. The van der Waals surface area contributed by atoms with Crippen LogP contribution in [0.15, 0.2) is 60.7 Å². The monoisotopic (exact) mass is 467 g/mol. The summed E-state index contributed by atoms with van der Waals surface area (Å²) in [5.74, 6) is 1.95. The van der Waals surface area contributed by atoms with Crippen LogP contribution in [0, 0.1) is 13.8 Å². The lowest BCUT2D eigenvalue weighted by atomic mass is 10.2. The Morgan fingerprint density at radius 3 is 2.33 bits per heavy atom. The van der Waals surface area contributed by atoms with Crippen LogP contribution in [0.1, 0.15) is 11.3 Å². The molecule has 4 rings (SSSR count). The Balaban J connectivity index is 1.34. The predicted molar refractivity (Wildman–Crippen MR) is 131 cm³/mol. The highest BCUT2D eigenvalue weighted by Crippen LogP contribution is 2.21. The van der Waals surface area contributed by atoms with Gasteiger partial charge in [-0.05, 0) is 38.1 Å². The molecule has 0 radical (unpaired) electrons. The standard InChI is InChI=1S/C24H29N5O3S/c1-19-8-10-21(11-9-19)26-24-25-20(2)18-23(27-24)28-12-14-29(15-13-28)33(30,31)17-16-32-22-6-4-3-5-7-22/h3-11,18H,12-17H2,1-2H3,(H,25,26,27). The van der Waals surface area contributed by atoms with Gasteiger partial charge < -0.3 is 15.0 Å². The number of hydrogen-bond donors (Lipinski definition) is 1. The van der Waals surface area contributed by atoms with Crippen LogP contribution in [0.5, 0.6) is 5.75 Å². The van der Waals surface area contributed by atoms with Gasteiger partial charge in [-0.1, -0.05) is 35.9 Å². The van der Waals surface area contributed by atoms with Crippen molar-refractivity contribution in [3.8, 4) is 5.75 Å². The maximum Gasteiger partial charge on any atom is 0.229 e. The van der Waals surface area contributed by atoms with Crippen molar-refractivity contribution >= 4 is 27.5 Å². The molecule has 1 N–H and O–H groups in total. The molecule has 0 unspecified atom stereocenters. The van der Waals surface area contributed by atoms with Gasteiger partial charge in [-0.15, -0.1) is 0 Å². The van der Waals surface area contributed by atoms with Crippen molar-refractivity contribution in [3.63, 3.8) is 0 Å². The number of nitrogens with zero attached hydrogens (tertiary/aromatic N) is 4. The van der Waals surface area contributed by atoms with E-state index in [0.29, 0.717) is 37.9 Å². The van der Waals surface area contributed by atoms with E-state index in [1.807, 2.05) is 74.5 Å². The summed E-state index contributed by atoms with van der Waals surface area (Å²) in [6, 6.07) is 19.2. The average Bonchev–Trinajstić information content (AvgIpc) is 2.81. The van der Waals surface area contributed by atoms with Crippen LogP contribution in [-0.4, -0.2) is 61.2 Å². The summed E-state index contributed by atoms with van der Waals surface area (Å²) in [4.78, 5) is 11.3. The Morgan fingerprint density at radius 1 is 0.939 bits per heavy atom. The third-order valence-corrected chi connectivity index (χ3v) is 7.29. The molecular formula is C24H29N5O3S. The highest BCUT2D eigenvalue weighted by atomic mass is 32.2. The van der Waals surface area contributed by atoms with Crippen molar-refractivity contribution < 1.29 is 13.2 Å². The van der Waals surface area contributed by atoms with Gasteiger partial charge in [-0.25, -0.2) is 13.4 Å². The van der Waals surface area contributed by atoms with Crippen molar-refractivity contribution in [1.29, 1.82) is 0 Å². The third-order valence-electron chi connectivity index (χ3n) is 5.46. The van der Waals surface area contributed by atoms with E-state index in [1.165, 1.54) is 9.87 Å². The molecule has 3 aromatic rings. The fourth-order valence-electron chi connectivity index (χ4n) is 3.64. The summed E-state index contributed by atoms with van der Waals surface area (Å²) in [5, 5.41) is 3.25. The van der Waals surface area contributed by atoms with Gasteiger partial charge in [0, 0.05) is 43.6 Å². The number of aryl methyl sites for hydroxylation is 2. The van der Waals surface area contributed by atoms with E-state index in [1.54, 1.807) is 0 Å². The predicted octanol–water partition coefficient (Wildman–Crippen LogP) is 3.37. The van der Waals surface area contributed by atoms with Crippen molar-refractivity contribution in [2.24, 2.45) is 0 Å². The van der Waals surface area contributed by atoms with Crippen LogP contribution in [0.3, 0.4) is 0 Å². The summed E-state index contributed by atoms with van der Waals surface area (Å²) in [6.45, 7) is 6.07. The lowest BCUT2D eigenvalue weighted by molar-refractivity contribution is 0.331. The minimum atomic E-state index is -3.38. The zero-order chi connectivity index (χ0) is 23.3. The van der Waals surface area contributed by atoms with Gasteiger partial charge >= 0.3 is 0 Å². The molecule has 2 heterocycles. The number of rotatable bonds is 8. The van der Waals surface area contributed by atoms with E-state index in [4.69, 9.17) is 4.74 Å². The summed E-state index contributed by atoms with van der Waals surface area (Å²) >= 11 is 0.